The molecule has 1 amide bonds. The molecule has 8 heteroatoms. The van der Waals surface area contributed by atoms with Crippen LogP contribution in [-0.2, 0) is 14.6 Å². The van der Waals surface area contributed by atoms with Crippen molar-refractivity contribution in [3.05, 3.63) is 24.3 Å². The molecular formula is C13H22N2O4S2. The number of sulfone groups is 1. The standard InChI is InChI=1S/C13H22N2O4S2/c1-4-5-19-13(16)15-8-11(20)7-10(15)6-9(2)12(14)21(3,17)18/h4,6,10-12,20H,1,5,7-8,14H2,2-3H3/t10-,11+,12?/m1/s1. The average molecular weight is 334 g/mol. The lowest BCUT2D eigenvalue weighted by atomic mass is 10.1. The minimum absolute atomic E-state index is 0.0183. The van der Waals surface area contributed by atoms with Gasteiger partial charge in [-0.25, -0.2) is 13.2 Å². The number of carbonyl (C=O) groups excluding carboxylic acids is 1. The first-order valence-corrected chi connectivity index (χ1v) is 8.99. The molecule has 3 atom stereocenters. The summed E-state index contributed by atoms with van der Waals surface area (Å²) < 4.78 is 28.0. The molecule has 1 unspecified atom stereocenters. The molecular weight excluding hydrogens is 312 g/mol. The van der Waals surface area contributed by atoms with Crippen LogP contribution in [-0.4, -0.2) is 55.5 Å². The van der Waals surface area contributed by atoms with E-state index in [2.05, 4.69) is 19.2 Å². The van der Waals surface area contributed by atoms with Crippen molar-refractivity contribution in [2.24, 2.45) is 5.73 Å². The van der Waals surface area contributed by atoms with Crippen molar-refractivity contribution < 1.29 is 17.9 Å². The lowest BCUT2D eigenvalue weighted by Gasteiger charge is -2.22. The molecule has 1 rings (SSSR count). The second-order valence-electron chi connectivity index (χ2n) is 5.14. The van der Waals surface area contributed by atoms with Crippen molar-refractivity contribution in [1.29, 1.82) is 0 Å². The van der Waals surface area contributed by atoms with Gasteiger partial charge in [0.25, 0.3) is 0 Å². The third kappa shape index (κ3) is 5.05. The fourth-order valence-corrected chi connectivity index (χ4v) is 3.31. The van der Waals surface area contributed by atoms with Crippen molar-refractivity contribution in [1.82, 2.24) is 4.90 Å². The minimum atomic E-state index is -3.37. The fraction of sp³-hybridized carbons (Fsp3) is 0.615. The summed E-state index contributed by atoms with van der Waals surface area (Å²) in [6, 6.07) is -0.266. The molecule has 1 aliphatic rings. The molecule has 120 valence electrons. The predicted molar refractivity (Wildman–Crippen MR) is 86.0 cm³/mol. The van der Waals surface area contributed by atoms with E-state index in [-0.39, 0.29) is 17.9 Å². The molecule has 0 bridgehead atoms. The number of likely N-dealkylation sites (tertiary alicyclic amines) is 1. The Bertz CT molecular complexity index is 530. The Kier molecular flexibility index (Phi) is 6.30. The van der Waals surface area contributed by atoms with Gasteiger partial charge in [-0.3, -0.25) is 0 Å². The van der Waals surface area contributed by atoms with Crippen LogP contribution in [0.5, 0.6) is 0 Å². The summed E-state index contributed by atoms with van der Waals surface area (Å²) in [5.41, 5.74) is 6.19. The first-order chi connectivity index (χ1) is 9.66. The number of nitrogens with two attached hydrogens (primary N) is 1. The van der Waals surface area contributed by atoms with Crippen LogP contribution in [0.3, 0.4) is 0 Å². The van der Waals surface area contributed by atoms with Gasteiger partial charge in [-0.05, 0) is 18.9 Å². The topological polar surface area (TPSA) is 89.7 Å². The van der Waals surface area contributed by atoms with E-state index in [1.165, 1.54) is 11.0 Å². The maximum Gasteiger partial charge on any atom is 0.410 e. The van der Waals surface area contributed by atoms with Gasteiger partial charge in [0, 0.05) is 18.1 Å². The molecule has 21 heavy (non-hydrogen) atoms. The summed E-state index contributed by atoms with van der Waals surface area (Å²) in [4.78, 5) is 13.5. The highest BCUT2D eigenvalue weighted by Gasteiger charge is 2.34. The van der Waals surface area contributed by atoms with Crippen LogP contribution < -0.4 is 5.73 Å². The fourth-order valence-electron chi connectivity index (χ4n) is 2.16. The molecule has 0 aromatic rings. The van der Waals surface area contributed by atoms with Gasteiger partial charge in [-0.1, -0.05) is 18.7 Å². The number of hydrogen-bond donors (Lipinski definition) is 2. The highest BCUT2D eigenvalue weighted by molar-refractivity contribution is 7.91. The quantitative estimate of drug-likeness (QED) is 0.577. The van der Waals surface area contributed by atoms with Crippen LogP contribution in [0.1, 0.15) is 13.3 Å². The van der Waals surface area contributed by atoms with Gasteiger partial charge >= 0.3 is 6.09 Å². The number of carbonyl (C=O) groups is 1. The van der Waals surface area contributed by atoms with Crippen LogP contribution in [0.2, 0.25) is 0 Å². The summed E-state index contributed by atoms with van der Waals surface area (Å²) in [5, 5.41) is -1.05. The molecule has 1 saturated heterocycles. The van der Waals surface area contributed by atoms with E-state index in [0.29, 0.717) is 18.5 Å². The second-order valence-corrected chi connectivity index (χ2v) is 8.03. The van der Waals surface area contributed by atoms with Gasteiger partial charge in [-0.2, -0.15) is 12.6 Å². The number of amides is 1. The van der Waals surface area contributed by atoms with Crippen molar-refractivity contribution in [2.45, 2.75) is 30.0 Å². The zero-order valence-electron chi connectivity index (χ0n) is 12.2. The lowest BCUT2D eigenvalue weighted by Crippen LogP contribution is -2.37. The first kappa shape index (κ1) is 18.1. The monoisotopic (exact) mass is 334 g/mol. The van der Waals surface area contributed by atoms with Gasteiger partial charge < -0.3 is 15.4 Å². The highest BCUT2D eigenvalue weighted by atomic mass is 32.2. The third-order valence-corrected chi connectivity index (χ3v) is 4.91. The van der Waals surface area contributed by atoms with E-state index in [1.807, 2.05) is 0 Å². The van der Waals surface area contributed by atoms with Crippen molar-refractivity contribution >= 4 is 28.6 Å². The smallest absolute Gasteiger partial charge is 0.410 e. The van der Waals surface area contributed by atoms with Gasteiger partial charge in [0.1, 0.15) is 12.0 Å². The average Bonchev–Trinajstić information content (AvgIpc) is 2.74. The lowest BCUT2D eigenvalue weighted by molar-refractivity contribution is 0.114. The van der Waals surface area contributed by atoms with Crippen molar-refractivity contribution in [2.75, 3.05) is 19.4 Å². The molecule has 1 aliphatic heterocycles. The normalized spacial score (nSPS) is 24.8. The van der Waals surface area contributed by atoms with Gasteiger partial charge in [0.2, 0.25) is 0 Å². The van der Waals surface area contributed by atoms with E-state index in [9.17, 15) is 13.2 Å². The summed E-state index contributed by atoms with van der Waals surface area (Å²) >= 11 is 4.38. The summed E-state index contributed by atoms with van der Waals surface area (Å²) in [6.07, 6.45) is 4.44. The third-order valence-electron chi connectivity index (χ3n) is 3.25. The number of rotatable bonds is 5. The van der Waals surface area contributed by atoms with E-state index >= 15 is 0 Å². The number of hydrogen-bond acceptors (Lipinski definition) is 6. The number of ether oxygens (including phenoxy) is 1. The molecule has 6 nitrogen and oxygen atoms in total. The molecule has 0 saturated carbocycles. The Hall–Kier alpha value is -0.990. The van der Waals surface area contributed by atoms with E-state index in [0.717, 1.165) is 6.26 Å². The van der Waals surface area contributed by atoms with Crippen molar-refractivity contribution in [3.8, 4) is 0 Å². The minimum Gasteiger partial charge on any atom is -0.445 e. The van der Waals surface area contributed by atoms with Crippen LogP contribution in [0.15, 0.2) is 24.3 Å². The first-order valence-electron chi connectivity index (χ1n) is 6.52. The molecule has 2 N–H and O–H groups in total. The molecule has 0 aromatic heterocycles. The highest BCUT2D eigenvalue weighted by Crippen LogP contribution is 2.25. The zero-order valence-corrected chi connectivity index (χ0v) is 13.9. The van der Waals surface area contributed by atoms with Crippen LogP contribution in [0.25, 0.3) is 0 Å². The summed E-state index contributed by atoms with van der Waals surface area (Å²) in [5.74, 6) is 0. The van der Waals surface area contributed by atoms with Crippen LogP contribution in [0.4, 0.5) is 4.79 Å². The Morgan fingerprint density at radius 3 is 2.76 bits per heavy atom. The number of thiol groups is 1. The molecule has 0 aliphatic carbocycles. The predicted octanol–water partition coefficient (Wildman–Crippen LogP) is 0.957. The molecule has 1 heterocycles. The van der Waals surface area contributed by atoms with E-state index in [4.69, 9.17) is 10.5 Å². The maximum atomic E-state index is 12.0. The molecule has 0 radical (unpaired) electrons. The molecule has 1 fully saturated rings. The summed E-state index contributed by atoms with van der Waals surface area (Å²) in [7, 11) is -3.37. The SMILES string of the molecule is C=CCOC(=O)N1C[C@@H](S)C[C@H]1C=C(C)C(N)S(C)(=O)=O. The van der Waals surface area contributed by atoms with Crippen LogP contribution >= 0.6 is 12.6 Å². The van der Waals surface area contributed by atoms with Gasteiger partial charge in [0.05, 0.1) is 6.04 Å². The Labute approximate surface area is 131 Å². The Morgan fingerprint density at radius 1 is 1.62 bits per heavy atom. The second kappa shape index (κ2) is 7.33. The van der Waals surface area contributed by atoms with Crippen molar-refractivity contribution in [3.63, 3.8) is 0 Å². The van der Waals surface area contributed by atoms with E-state index in [1.54, 1.807) is 13.0 Å². The Balaban J connectivity index is 2.88. The molecule has 0 spiro atoms. The summed E-state index contributed by atoms with van der Waals surface area (Å²) in [6.45, 7) is 5.71. The van der Waals surface area contributed by atoms with E-state index < -0.39 is 21.3 Å². The molecule has 0 aromatic carbocycles. The maximum absolute atomic E-state index is 12.0. The zero-order chi connectivity index (χ0) is 16.2. The Morgan fingerprint density at radius 2 is 2.24 bits per heavy atom. The van der Waals surface area contributed by atoms with Gasteiger partial charge in [-0.15, -0.1) is 0 Å². The number of nitrogens with zero attached hydrogens (tertiary/aromatic N) is 1. The van der Waals surface area contributed by atoms with Gasteiger partial charge in [0.15, 0.2) is 9.84 Å². The largest absolute Gasteiger partial charge is 0.445 e. The van der Waals surface area contributed by atoms with Crippen LogP contribution in [0, 0.1) is 0 Å².